The number of non-ortho nitro benzene ring substituents is 1. The third kappa shape index (κ3) is 3.63. The number of pyridine rings is 1. The number of halogens is 1. The zero-order valence-electron chi connectivity index (χ0n) is 14.0. The molecule has 0 unspecified atom stereocenters. The number of fused-ring (bicyclic) bond motifs is 1. The van der Waals surface area contributed by atoms with Gasteiger partial charge in [0, 0.05) is 34.7 Å². The van der Waals surface area contributed by atoms with Gasteiger partial charge in [-0.1, -0.05) is 11.6 Å². The molecule has 1 amide bonds. The Kier molecular flexibility index (Phi) is 4.63. The predicted octanol–water partition coefficient (Wildman–Crippen LogP) is 4.00. The van der Waals surface area contributed by atoms with Gasteiger partial charge in [-0.05, 0) is 24.3 Å². The smallest absolute Gasteiger partial charge is 0.286 e. The summed E-state index contributed by atoms with van der Waals surface area (Å²) in [5.41, 5.74) is 7.53. The highest BCUT2D eigenvalue weighted by Gasteiger charge is 2.13. The van der Waals surface area contributed by atoms with Crippen molar-refractivity contribution in [3.63, 3.8) is 0 Å². The first-order valence-electron chi connectivity index (χ1n) is 7.90. The number of thiazole rings is 1. The summed E-state index contributed by atoms with van der Waals surface area (Å²) in [4.78, 5) is 33.9. The van der Waals surface area contributed by atoms with Gasteiger partial charge < -0.3 is 4.98 Å². The lowest BCUT2D eigenvalue weighted by Crippen LogP contribution is -2.29. The van der Waals surface area contributed by atoms with Crippen LogP contribution < -0.4 is 10.9 Å². The summed E-state index contributed by atoms with van der Waals surface area (Å²) in [7, 11) is 0. The van der Waals surface area contributed by atoms with Gasteiger partial charge in [-0.2, -0.15) is 0 Å². The Morgan fingerprint density at radius 2 is 2.11 bits per heavy atom. The van der Waals surface area contributed by atoms with Gasteiger partial charge in [0.15, 0.2) is 0 Å². The molecule has 11 heteroatoms. The number of amides is 1. The van der Waals surface area contributed by atoms with Crippen LogP contribution in [-0.2, 0) is 0 Å². The zero-order chi connectivity index (χ0) is 19.7. The van der Waals surface area contributed by atoms with Crippen LogP contribution in [0.2, 0.25) is 5.15 Å². The van der Waals surface area contributed by atoms with Crippen molar-refractivity contribution in [2.24, 2.45) is 0 Å². The average Bonchev–Trinajstić information content (AvgIpc) is 3.32. The highest BCUT2D eigenvalue weighted by atomic mass is 35.5. The summed E-state index contributed by atoms with van der Waals surface area (Å²) in [6.07, 6.45) is 1.59. The van der Waals surface area contributed by atoms with Gasteiger partial charge in [0.05, 0.1) is 16.1 Å². The highest BCUT2D eigenvalue weighted by molar-refractivity contribution is 7.14. The third-order valence-corrected chi connectivity index (χ3v) is 4.84. The Hall–Kier alpha value is -3.50. The van der Waals surface area contributed by atoms with E-state index < -0.39 is 10.8 Å². The average molecular weight is 415 g/mol. The molecule has 0 spiro atoms. The number of carbonyl (C=O) groups is 1. The molecule has 4 aromatic rings. The van der Waals surface area contributed by atoms with Gasteiger partial charge in [0.25, 0.3) is 11.6 Å². The van der Waals surface area contributed by atoms with Crippen molar-refractivity contribution >= 4 is 50.6 Å². The van der Waals surface area contributed by atoms with Gasteiger partial charge in [-0.3, -0.25) is 25.8 Å². The van der Waals surface area contributed by atoms with Crippen LogP contribution >= 0.6 is 22.9 Å². The van der Waals surface area contributed by atoms with Gasteiger partial charge in [0.2, 0.25) is 5.13 Å². The number of nitro benzene ring substituents is 1. The SMILES string of the molecule is O=C(NNc1nc(-c2ccnc(Cl)c2)cs1)c1cc2ccc([N+](=O)[O-])cc2[nH]1. The van der Waals surface area contributed by atoms with Crippen LogP contribution in [0.3, 0.4) is 0 Å². The summed E-state index contributed by atoms with van der Waals surface area (Å²) in [5.74, 6) is -0.428. The molecule has 1 aromatic carbocycles. The molecule has 0 aliphatic carbocycles. The van der Waals surface area contributed by atoms with E-state index >= 15 is 0 Å². The van der Waals surface area contributed by atoms with Crippen LogP contribution in [0.4, 0.5) is 10.8 Å². The molecule has 0 aliphatic rings. The number of hydrazine groups is 1. The molecule has 140 valence electrons. The number of hydrogen-bond acceptors (Lipinski definition) is 7. The topological polar surface area (TPSA) is 126 Å². The van der Waals surface area contributed by atoms with Crippen LogP contribution in [0.5, 0.6) is 0 Å². The maximum Gasteiger partial charge on any atom is 0.286 e. The summed E-state index contributed by atoms with van der Waals surface area (Å²) in [6.45, 7) is 0. The fourth-order valence-corrected chi connectivity index (χ4v) is 3.40. The Labute approximate surface area is 166 Å². The van der Waals surface area contributed by atoms with Crippen molar-refractivity contribution in [3.05, 3.63) is 68.9 Å². The van der Waals surface area contributed by atoms with Crippen molar-refractivity contribution in [1.29, 1.82) is 0 Å². The van der Waals surface area contributed by atoms with Gasteiger partial charge in [0.1, 0.15) is 10.8 Å². The van der Waals surface area contributed by atoms with E-state index in [-0.39, 0.29) is 11.4 Å². The van der Waals surface area contributed by atoms with Gasteiger partial charge >= 0.3 is 0 Å². The van der Waals surface area contributed by atoms with Crippen molar-refractivity contribution in [2.75, 3.05) is 5.43 Å². The molecule has 0 radical (unpaired) electrons. The zero-order valence-corrected chi connectivity index (χ0v) is 15.5. The van der Waals surface area contributed by atoms with Crippen LogP contribution in [0.1, 0.15) is 10.5 Å². The predicted molar refractivity (Wildman–Crippen MR) is 106 cm³/mol. The normalized spacial score (nSPS) is 10.8. The Balaban J connectivity index is 1.46. The van der Waals surface area contributed by atoms with Crippen LogP contribution in [0, 0.1) is 10.1 Å². The van der Waals surface area contributed by atoms with Crippen LogP contribution in [0.15, 0.2) is 48.0 Å². The van der Waals surface area contributed by atoms with Gasteiger partial charge in [-0.15, -0.1) is 11.3 Å². The maximum absolute atomic E-state index is 12.3. The van der Waals surface area contributed by atoms with E-state index in [0.717, 1.165) is 5.56 Å². The van der Waals surface area contributed by atoms with E-state index in [1.165, 1.54) is 23.5 Å². The van der Waals surface area contributed by atoms with Crippen LogP contribution in [0.25, 0.3) is 22.2 Å². The third-order valence-electron chi connectivity index (χ3n) is 3.87. The van der Waals surface area contributed by atoms with Gasteiger partial charge in [-0.25, -0.2) is 9.97 Å². The molecular formula is C17H11ClN6O3S. The summed E-state index contributed by atoms with van der Waals surface area (Å²) in [6, 6.07) is 9.45. The molecule has 4 rings (SSSR count). The molecule has 9 nitrogen and oxygen atoms in total. The monoisotopic (exact) mass is 414 g/mol. The molecule has 0 fully saturated rings. The number of aromatic amines is 1. The number of nitrogens with one attached hydrogen (secondary N) is 3. The number of anilines is 1. The maximum atomic E-state index is 12.3. The number of hydrogen-bond donors (Lipinski definition) is 3. The summed E-state index contributed by atoms with van der Waals surface area (Å²) in [5, 5.41) is 14.2. The second-order valence-electron chi connectivity index (χ2n) is 5.70. The number of nitrogens with zero attached hydrogens (tertiary/aromatic N) is 3. The van der Waals surface area contributed by atoms with E-state index in [1.807, 2.05) is 5.38 Å². The highest BCUT2D eigenvalue weighted by Crippen LogP contribution is 2.26. The second-order valence-corrected chi connectivity index (χ2v) is 6.94. The van der Waals surface area contributed by atoms with E-state index in [0.29, 0.717) is 26.9 Å². The number of H-pyrrole nitrogens is 1. The quantitative estimate of drug-likeness (QED) is 0.257. The molecule has 0 aliphatic heterocycles. The Morgan fingerprint density at radius 3 is 2.89 bits per heavy atom. The van der Waals surface area contributed by atoms with E-state index in [2.05, 4.69) is 25.8 Å². The molecular weight excluding hydrogens is 404 g/mol. The first kappa shape index (κ1) is 17.9. The van der Waals surface area contributed by atoms with Crippen LogP contribution in [-0.4, -0.2) is 25.8 Å². The summed E-state index contributed by atoms with van der Waals surface area (Å²) < 4.78 is 0. The Bertz CT molecular complexity index is 1200. The standard InChI is InChI=1S/C17H11ClN6O3S/c18-15-6-10(3-4-19-15)14-8-28-17(21-14)23-22-16(25)13-5-9-1-2-11(24(26)27)7-12(9)20-13/h1-8,20H,(H,21,23)(H,22,25). The molecule has 0 atom stereocenters. The number of nitro groups is 1. The number of aromatic nitrogens is 3. The lowest BCUT2D eigenvalue weighted by atomic mass is 10.2. The van der Waals surface area contributed by atoms with E-state index in [4.69, 9.17) is 11.6 Å². The van der Waals surface area contributed by atoms with Crippen molar-refractivity contribution in [1.82, 2.24) is 20.4 Å². The Morgan fingerprint density at radius 1 is 1.25 bits per heavy atom. The fourth-order valence-electron chi connectivity index (χ4n) is 2.55. The summed E-state index contributed by atoms with van der Waals surface area (Å²) >= 11 is 7.20. The second kappa shape index (κ2) is 7.25. The molecule has 28 heavy (non-hydrogen) atoms. The number of carbonyl (C=O) groups excluding carboxylic acids is 1. The lowest BCUT2D eigenvalue weighted by molar-refractivity contribution is -0.384. The van der Waals surface area contributed by atoms with Crippen molar-refractivity contribution in [3.8, 4) is 11.3 Å². The first-order chi connectivity index (χ1) is 13.5. The fraction of sp³-hybridized carbons (Fsp3) is 0. The molecule has 0 saturated heterocycles. The van der Waals surface area contributed by atoms with E-state index in [9.17, 15) is 14.9 Å². The van der Waals surface area contributed by atoms with E-state index in [1.54, 1.807) is 30.5 Å². The minimum absolute atomic E-state index is 0.0500. The van der Waals surface area contributed by atoms with Crippen molar-refractivity contribution in [2.45, 2.75) is 0 Å². The number of rotatable bonds is 5. The minimum atomic E-state index is -0.488. The molecule has 0 bridgehead atoms. The van der Waals surface area contributed by atoms with Crippen molar-refractivity contribution < 1.29 is 9.72 Å². The lowest BCUT2D eigenvalue weighted by Gasteiger charge is -2.03. The molecule has 3 heterocycles. The minimum Gasteiger partial charge on any atom is -0.350 e. The molecule has 3 N–H and O–H groups in total. The first-order valence-corrected chi connectivity index (χ1v) is 9.16. The molecule has 3 aromatic heterocycles. The largest absolute Gasteiger partial charge is 0.350 e. The number of benzene rings is 1. The molecule has 0 saturated carbocycles.